The number of phenolic OH excluding ortho intramolecular Hbond substituents is 1. The second kappa shape index (κ2) is 4.60. The van der Waals surface area contributed by atoms with Crippen molar-refractivity contribution in [2.75, 3.05) is 6.54 Å². The van der Waals surface area contributed by atoms with Crippen LogP contribution in [-0.2, 0) is 0 Å². The molecule has 0 unspecified atom stereocenters. The number of aliphatic hydroxyl groups excluding tert-OH is 1. The van der Waals surface area contributed by atoms with E-state index in [0.29, 0.717) is 23.0 Å². The minimum atomic E-state index is -0.708. The predicted octanol–water partition coefficient (Wildman–Crippen LogP) is 1.54. The number of phenols is 1. The molecule has 13 heavy (non-hydrogen) atoms. The standard InChI is InChI=1S/C9H12BrNO2/c10-6-2-1-3-7(12)9(6)8(13)4-5-11/h1-3,8,12-13H,4-5,11H2/t8-/m0/s1. The summed E-state index contributed by atoms with van der Waals surface area (Å²) in [4.78, 5) is 0. The lowest BCUT2D eigenvalue weighted by Gasteiger charge is -2.12. The highest BCUT2D eigenvalue weighted by molar-refractivity contribution is 9.10. The van der Waals surface area contributed by atoms with E-state index in [1.54, 1.807) is 18.2 Å². The summed E-state index contributed by atoms with van der Waals surface area (Å²) in [6.07, 6.45) is -0.267. The first kappa shape index (κ1) is 10.5. The summed E-state index contributed by atoms with van der Waals surface area (Å²) in [5.41, 5.74) is 5.82. The molecular weight excluding hydrogens is 234 g/mol. The van der Waals surface area contributed by atoms with Crippen LogP contribution in [0.15, 0.2) is 22.7 Å². The fraction of sp³-hybridized carbons (Fsp3) is 0.333. The fourth-order valence-electron chi connectivity index (χ4n) is 1.16. The second-order valence-electron chi connectivity index (χ2n) is 2.77. The first-order chi connectivity index (χ1) is 6.16. The Morgan fingerprint density at radius 3 is 2.69 bits per heavy atom. The molecule has 0 heterocycles. The average molecular weight is 246 g/mol. The Balaban J connectivity index is 2.98. The normalized spacial score (nSPS) is 12.8. The van der Waals surface area contributed by atoms with Gasteiger partial charge in [-0.05, 0) is 25.1 Å². The number of benzene rings is 1. The molecule has 0 aliphatic rings. The Morgan fingerprint density at radius 2 is 2.15 bits per heavy atom. The lowest BCUT2D eigenvalue weighted by atomic mass is 10.1. The van der Waals surface area contributed by atoms with E-state index in [4.69, 9.17) is 5.73 Å². The zero-order valence-electron chi connectivity index (χ0n) is 7.07. The topological polar surface area (TPSA) is 66.5 Å². The van der Waals surface area contributed by atoms with Gasteiger partial charge in [-0.2, -0.15) is 0 Å². The maximum absolute atomic E-state index is 9.61. The molecule has 0 saturated carbocycles. The molecule has 0 aliphatic carbocycles. The molecule has 72 valence electrons. The molecule has 0 fully saturated rings. The van der Waals surface area contributed by atoms with Crippen LogP contribution in [0.4, 0.5) is 0 Å². The number of aromatic hydroxyl groups is 1. The minimum Gasteiger partial charge on any atom is -0.508 e. The van der Waals surface area contributed by atoms with E-state index in [-0.39, 0.29) is 5.75 Å². The van der Waals surface area contributed by atoms with Gasteiger partial charge in [-0.3, -0.25) is 0 Å². The summed E-state index contributed by atoms with van der Waals surface area (Å²) in [7, 11) is 0. The SMILES string of the molecule is NCC[C@H](O)c1c(O)cccc1Br. The third-order valence-electron chi connectivity index (χ3n) is 1.80. The lowest BCUT2D eigenvalue weighted by molar-refractivity contribution is 0.166. The van der Waals surface area contributed by atoms with Crippen LogP contribution in [0.5, 0.6) is 5.75 Å². The van der Waals surface area contributed by atoms with Crippen LogP contribution in [0.2, 0.25) is 0 Å². The predicted molar refractivity (Wildman–Crippen MR) is 54.4 cm³/mol. The second-order valence-corrected chi connectivity index (χ2v) is 3.62. The maximum Gasteiger partial charge on any atom is 0.122 e. The van der Waals surface area contributed by atoms with E-state index < -0.39 is 6.10 Å². The summed E-state index contributed by atoms with van der Waals surface area (Å²) >= 11 is 3.26. The lowest BCUT2D eigenvalue weighted by Crippen LogP contribution is -2.07. The van der Waals surface area contributed by atoms with Gasteiger partial charge < -0.3 is 15.9 Å². The van der Waals surface area contributed by atoms with Crippen LogP contribution in [-0.4, -0.2) is 16.8 Å². The Hall–Kier alpha value is -0.580. The van der Waals surface area contributed by atoms with Gasteiger partial charge in [-0.1, -0.05) is 22.0 Å². The van der Waals surface area contributed by atoms with E-state index in [9.17, 15) is 10.2 Å². The highest BCUT2D eigenvalue weighted by Crippen LogP contribution is 2.32. The van der Waals surface area contributed by atoms with Crippen LogP contribution in [0.1, 0.15) is 18.1 Å². The molecule has 0 radical (unpaired) electrons. The van der Waals surface area contributed by atoms with Crippen LogP contribution < -0.4 is 5.73 Å². The third-order valence-corrected chi connectivity index (χ3v) is 2.49. The Bertz CT molecular complexity index is 271. The van der Waals surface area contributed by atoms with Gasteiger partial charge in [-0.15, -0.1) is 0 Å². The molecule has 1 aromatic carbocycles. The number of hydrogen-bond acceptors (Lipinski definition) is 3. The first-order valence-corrected chi connectivity index (χ1v) is 4.81. The molecule has 4 heteroatoms. The van der Waals surface area contributed by atoms with Gasteiger partial charge in [0, 0.05) is 10.0 Å². The molecule has 0 spiro atoms. The molecule has 3 nitrogen and oxygen atoms in total. The number of aliphatic hydroxyl groups is 1. The molecule has 0 aliphatic heterocycles. The van der Waals surface area contributed by atoms with Crippen LogP contribution >= 0.6 is 15.9 Å². The number of hydrogen-bond donors (Lipinski definition) is 3. The van der Waals surface area contributed by atoms with Crippen molar-refractivity contribution in [1.29, 1.82) is 0 Å². The summed E-state index contributed by atoms with van der Waals surface area (Å²) in [5, 5.41) is 19.1. The summed E-state index contributed by atoms with van der Waals surface area (Å²) in [5.74, 6) is 0.0929. The van der Waals surface area contributed by atoms with Gasteiger partial charge in [0.1, 0.15) is 5.75 Å². The van der Waals surface area contributed by atoms with Crippen molar-refractivity contribution in [3.8, 4) is 5.75 Å². The number of halogens is 1. The van der Waals surface area contributed by atoms with Crippen molar-refractivity contribution in [3.63, 3.8) is 0 Å². The first-order valence-electron chi connectivity index (χ1n) is 4.02. The highest BCUT2D eigenvalue weighted by atomic mass is 79.9. The van der Waals surface area contributed by atoms with Crippen molar-refractivity contribution in [2.45, 2.75) is 12.5 Å². The monoisotopic (exact) mass is 245 g/mol. The zero-order valence-corrected chi connectivity index (χ0v) is 8.66. The van der Waals surface area contributed by atoms with E-state index in [2.05, 4.69) is 15.9 Å². The zero-order chi connectivity index (χ0) is 9.84. The van der Waals surface area contributed by atoms with Crippen molar-refractivity contribution in [3.05, 3.63) is 28.2 Å². The van der Waals surface area contributed by atoms with E-state index in [1.807, 2.05) is 0 Å². The maximum atomic E-state index is 9.61. The molecule has 1 aromatic rings. The molecule has 0 saturated heterocycles. The fourth-order valence-corrected chi connectivity index (χ4v) is 1.78. The van der Waals surface area contributed by atoms with Crippen molar-refractivity contribution in [2.24, 2.45) is 5.73 Å². The van der Waals surface area contributed by atoms with Crippen LogP contribution in [0.3, 0.4) is 0 Å². The van der Waals surface area contributed by atoms with Gasteiger partial charge in [0.05, 0.1) is 6.10 Å². The molecule has 1 atom stereocenters. The summed E-state index contributed by atoms with van der Waals surface area (Å²) < 4.78 is 0.702. The van der Waals surface area contributed by atoms with Crippen molar-refractivity contribution < 1.29 is 10.2 Å². The van der Waals surface area contributed by atoms with Gasteiger partial charge in [0.25, 0.3) is 0 Å². The summed E-state index contributed by atoms with van der Waals surface area (Å²) in [6, 6.07) is 5.02. The van der Waals surface area contributed by atoms with E-state index >= 15 is 0 Å². The minimum absolute atomic E-state index is 0.0929. The average Bonchev–Trinajstić information content (AvgIpc) is 2.04. The van der Waals surface area contributed by atoms with Gasteiger partial charge in [-0.25, -0.2) is 0 Å². The molecular formula is C9H12BrNO2. The molecule has 4 N–H and O–H groups in total. The highest BCUT2D eigenvalue weighted by Gasteiger charge is 2.14. The Labute approximate surface area is 85.3 Å². The Morgan fingerprint density at radius 1 is 1.46 bits per heavy atom. The van der Waals surface area contributed by atoms with Gasteiger partial charge >= 0.3 is 0 Å². The third kappa shape index (κ3) is 2.43. The van der Waals surface area contributed by atoms with E-state index in [0.717, 1.165) is 0 Å². The van der Waals surface area contributed by atoms with Gasteiger partial charge in [0.2, 0.25) is 0 Å². The molecule has 0 amide bonds. The quantitative estimate of drug-likeness (QED) is 0.757. The van der Waals surface area contributed by atoms with Crippen LogP contribution in [0, 0.1) is 0 Å². The van der Waals surface area contributed by atoms with Crippen LogP contribution in [0.25, 0.3) is 0 Å². The van der Waals surface area contributed by atoms with Crippen molar-refractivity contribution in [1.82, 2.24) is 0 Å². The van der Waals surface area contributed by atoms with Gasteiger partial charge in [0.15, 0.2) is 0 Å². The largest absolute Gasteiger partial charge is 0.508 e. The number of nitrogens with two attached hydrogens (primary N) is 1. The van der Waals surface area contributed by atoms with E-state index in [1.165, 1.54) is 0 Å². The number of rotatable bonds is 3. The smallest absolute Gasteiger partial charge is 0.122 e. The molecule has 0 aromatic heterocycles. The molecule has 0 bridgehead atoms. The van der Waals surface area contributed by atoms with Crippen molar-refractivity contribution >= 4 is 15.9 Å². The summed E-state index contributed by atoms with van der Waals surface area (Å²) in [6.45, 7) is 0.391. The Kier molecular flexibility index (Phi) is 3.71. The molecule has 1 rings (SSSR count).